The third-order valence-corrected chi connectivity index (χ3v) is 3.49. The van der Waals surface area contributed by atoms with Gasteiger partial charge in [-0.05, 0) is 13.0 Å². The summed E-state index contributed by atoms with van der Waals surface area (Å²) in [4.78, 5) is 15.5. The summed E-state index contributed by atoms with van der Waals surface area (Å²) >= 11 is 0. The van der Waals surface area contributed by atoms with Crippen LogP contribution in [0.3, 0.4) is 0 Å². The SMILES string of the molecule is CCN1CCN(Cc2cccc(F)c2F)CCC1=O. The molecule has 1 aliphatic rings. The molecule has 0 N–H and O–H groups in total. The molecule has 19 heavy (non-hydrogen) atoms. The molecule has 5 heteroatoms. The lowest BCUT2D eigenvalue weighted by atomic mass is 10.2. The molecule has 104 valence electrons. The lowest BCUT2D eigenvalue weighted by Crippen LogP contribution is -2.33. The van der Waals surface area contributed by atoms with Gasteiger partial charge in [-0.2, -0.15) is 0 Å². The van der Waals surface area contributed by atoms with Gasteiger partial charge in [0.2, 0.25) is 5.91 Å². The highest BCUT2D eigenvalue weighted by Crippen LogP contribution is 2.15. The highest BCUT2D eigenvalue weighted by atomic mass is 19.2. The molecule has 3 nitrogen and oxygen atoms in total. The van der Waals surface area contributed by atoms with Gasteiger partial charge in [0.25, 0.3) is 0 Å². The number of carbonyl (C=O) groups excluding carboxylic acids is 1. The van der Waals surface area contributed by atoms with Crippen LogP contribution in [-0.2, 0) is 11.3 Å². The number of rotatable bonds is 3. The summed E-state index contributed by atoms with van der Waals surface area (Å²) in [5, 5.41) is 0. The van der Waals surface area contributed by atoms with Crippen LogP contribution < -0.4 is 0 Å². The predicted octanol–water partition coefficient (Wildman–Crippen LogP) is 2.02. The highest BCUT2D eigenvalue weighted by Gasteiger charge is 2.20. The minimum atomic E-state index is -0.821. The van der Waals surface area contributed by atoms with Crippen LogP contribution in [0, 0.1) is 11.6 Å². The van der Waals surface area contributed by atoms with Crippen molar-refractivity contribution in [1.29, 1.82) is 0 Å². The van der Waals surface area contributed by atoms with Crippen LogP contribution in [0.1, 0.15) is 18.9 Å². The molecule has 0 unspecified atom stereocenters. The molecule has 0 saturated carbocycles. The second-order valence-corrected chi connectivity index (χ2v) is 4.71. The van der Waals surface area contributed by atoms with Crippen LogP contribution in [0.2, 0.25) is 0 Å². The van der Waals surface area contributed by atoms with Crippen LogP contribution in [0.15, 0.2) is 18.2 Å². The minimum Gasteiger partial charge on any atom is -0.342 e. The molecule has 0 aromatic heterocycles. The average molecular weight is 268 g/mol. The topological polar surface area (TPSA) is 23.6 Å². The molecule has 1 fully saturated rings. The van der Waals surface area contributed by atoms with E-state index >= 15 is 0 Å². The van der Waals surface area contributed by atoms with Gasteiger partial charge in [-0.15, -0.1) is 0 Å². The van der Waals surface area contributed by atoms with Gasteiger partial charge in [0, 0.05) is 44.7 Å². The molecule has 0 bridgehead atoms. The fourth-order valence-corrected chi connectivity index (χ4v) is 2.31. The largest absolute Gasteiger partial charge is 0.342 e. The van der Waals surface area contributed by atoms with Gasteiger partial charge in [-0.25, -0.2) is 8.78 Å². The Balaban J connectivity index is 2.03. The first kappa shape index (κ1) is 13.9. The lowest BCUT2D eigenvalue weighted by molar-refractivity contribution is -0.130. The van der Waals surface area contributed by atoms with Crippen LogP contribution in [0.4, 0.5) is 8.78 Å². The van der Waals surface area contributed by atoms with Crippen molar-refractivity contribution in [2.75, 3.05) is 26.2 Å². The predicted molar refractivity (Wildman–Crippen MR) is 68.5 cm³/mol. The zero-order valence-electron chi connectivity index (χ0n) is 11.0. The molecule has 0 atom stereocenters. The molecule has 0 aliphatic carbocycles. The van der Waals surface area contributed by atoms with Gasteiger partial charge >= 0.3 is 0 Å². The molecule has 1 amide bonds. The minimum absolute atomic E-state index is 0.129. The highest BCUT2D eigenvalue weighted by molar-refractivity contribution is 5.76. The van der Waals surface area contributed by atoms with E-state index in [1.165, 1.54) is 6.07 Å². The fraction of sp³-hybridized carbons (Fsp3) is 0.500. The number of nitrogens with zero attached hydrogens (tertiary/aromatic N) is 2. The van der Waals surface area contributed by atoms with E-state index in [4.69, 9.17) is 0 Å². The van der Waals surface area contributed by atoms with E-state index in [0.717, 1.165) is 6.07 Å². The normalized spacial score (nSPS) is 17.6. The molecule has 0 radical (unpaired) electrons. The maximum absolute atomic E-state index is 13.6. The zero-order valence-corrected chi connectivity index (χ0v) is 11.0. The Labute approximate surface area is 111 Å². The van der Waals surface area contributed by atoms with Gasteiger partial charge in [0.1, 0.15) is 0 Å². The maximum atomic E-state index is 13.6. The van der Waals surface area contributed by atoms with Crippen molar-refractivity contribution in [3.8, 4) is 0 Å². The van der Waals surface area contributed by atoms with Crippen molar-refractivity contribution >= 4 is 5.91 Å². The molecule has 1 saturated heterocycles. The van der Waals surface area contributed by atoms with E-state index in [1.807, 2.05) is 11.8 Å². The quantitative estimate of drug-likeness (QED) is 0.837. The van der Waals surface area contributed by atoms with Crippen LogP contribution in [0.25, 0.3) is 0 Å². The van der Waals surface area contributed by atoms with E-state index in [-0.39, 0.29) is 5.91 Å². The molecule has 1 heterocycles. The Morgan fingerprint density at radius 2 is 2.00 bits per heavy atom. The first-order valence-electron chi connectivity index (χ1n) is 6.55. The fourth-order valence-electron chi connectivity index (χ4n) is 2.31. The number of likely N-dealkylation sites (N-methyl/N-ethyl adjacent to an activating group) is 1. The third kappa shape index (κ3) is 3.29. The summed E-state index contributed by atoms with van der Waals surface area (Å²) < 4.78 is 26.7. The number of carbonyl (C=O) groups is 1. The Morgan fingerprint density at radius 3 is 2.74 bits per heavy atom. The van der Waals surface area contributed by atoms with Crippen molar-refractivity contribution in [1.82, 2.24) is 9.80 Å². The van der Waals surface area contributed by atoms with Crippen molar-refractivity contribution < 1.29 is 13.6 Å². The Morgan fingerprint density at radius 1 is 1.21 bits per heavy atom. The summed E-state index contributed by atoms with van der Waals surface area (Å²) in [6, 6.07) is 4.21. The van der Waals surface area contributed by atoms with E-state index in [0.29, 0.717) is 44.7 Å². The molecular weight excluding hydrogens is 250 g/mol. The average Bonchev–Trinajstić information content (AvgIpc) is 2.57. The number of hydrogen-bond donors (Lipinski definition) is 0. The Bertz CT molecular complexity index is 465. The standard InChI is InChI=1S/C14H18F2N2O/c1-2-18-9-8-17(7-6-13(18)19)10-11-4-3-5-12(15)14(11)16/h3-5H,2,6-10H2,1H3. The second kappa shape index (κ2) is 6.10. The van der Waals surface area contributed by atoms with Crippen LogP contribution in [0.5, 0.6) is 0 Å². The molecule has 1 aliphatic heterocycles. The van der Waals surface area contributed by atoms with Crippen molar-refractivity contribution in [2.24, 2.45) is 0 Å². The number of amides is 1. The van der Waals surface area contributed by atoms with Gasteiger partial charge in [-0.3, -0.25) is 9.69 Å². The molecule has 2 rings (SSSR count). The molecular formula is C14H18F2N2O. The number of benzene rings is 1. The van der Waals surface area contributed by atoms with Crippen LogP contribution >= 0.6 is 0 Å². The summed E-state index contributed by atoms with van der Waals surface area (Å²) in [6.07, 6.45) is 0.435. The molecule has 1 aromatic carbocycles. The van der Waals surface area contributed by atoms with Crippen LogP contribution in [-0.4, -0.2) is 41.9 Å². The first-order chi connectivity index (χ1) is 9.11. The van der Waals surface area contributed by atoms with Gasteiger partial charge in [0.05, 0.1) is 0 Å². The summed E-state index contributed by atoms with van der Waals surface area (Å²) in [6.45, 7) is 4.91. The van der Waals surface area contributed by atoms with Gasteiger partial charge < -0.3 is 4.90 Å². The third-order valence-electron chi connectivity index (χ3n) is 3.49. The summed E-state index contributed by atoms with van der Waals surface area (Å²) in [7, 11) is 0. The van der Waals surface area contributed by atoms with Gasteiger partial charge in [0.15, 0.2) is 11.6 Å². The van der Waals surface area contributed by atoms with Gasteiger partial charge in [-0.1, -0.05) is 12.1 Å². The number of halogens is 2. The van der Waals surface area contributed by atoms with E-state index in [2.05, 4.69) is 0 Å². The molecule has 1 aromatic rings. The maximum Gasteiger partial charge on any atom is 0.223 e. The Hall–Kier alpha value is -1.49. The number of hydrogen-bond acceptors (Lipinski definition) is 2. The monoisotopic (exact) mass is 268 g/mol. The zero-order chi connectivity index (χ0) is 13.8. The van der Waals surface area contributed by atoms with Crippen molar-refractivity contribution in [2.45, 2.75) is 19.9 Å². The molecule has 0 spiro atoms. The van der Waals surface area contributed by atoms with E-state index in [1.54, 1.807) is 11.0 Å². The Kier molecular flexibility index (Phi) is 4.47. The summed E-state index contributed by atoms with van der Waals surface area (Å²) in [5.74, 6) is -1.48. The van der Waals surface area contributed by atoms with E-state index in [9.17, 15) is 13.6 Å². The smallest absolute Gasteiger partial charge is 0.223 e. The van der Waals surface area contributed by atoms with Crippen molar-refractivity contribution in [3.05, 3.63) is 35.4 Å². The van der Waals surface area contributed by atoms with E-state index < -0.39 is 11.6 Å². The first-order valence-corrected chi connectivity index (χ1v) is 6.55. The van der Waals surface area contributed by atoms with Crippen molar-refractivity contribution in [3.63, 3.8) is 0 Å². The lowest BCUT2D eigenvalue weighted by Gasteiger charge is -2.21. The second-order valence-electron chi connectivity index (χ2n) is 4.71. The summed E-state index contributed by atoms with van der Waals surface area (Å²) in [5.41, 5.74) is 0.345.